The highest BCUT2D eigenvalue weighted by atomic mass is 16.3. The van der Waals surface area contributed by atoms with Crippen LogP contribution < -0.4 is 0 Å². The molecule has 262 valence electrons. The molecule has 0 spiro atoms. The number of benzene rings is 8. The van der Waals surface area contributed by atoms with Crippen molar-refractivity contribution >= 4 is 43.9 Å². The van der Waals surface area contributed by atoms with Crippen LogP contribution in [0.25, 0.3) is 111 Å². The third-order valence-electron chi connectivity index (χ3n) is 10.7. The standard InChI is InChI=1S/C52H32N2O2/c1-3-13-33(14-4-1)35-17-9-19-38(29-35)46-32-47(54-52(53-46)34-15-5-2-6-16-34)39-20-10-18-36(30-39)37-27-28-41-43-23-12-25-45(51(43)56-49(41)31-37)44-24-11-22-42-40-21-7-8-26-48(40)55-50(42)44/h1-32H. The van der Waals surface area contributed by atoms with Gasteiger partial charge in [-0.05, 0) is 58.7 Å². The van der Waals surface area contributed by atoms with Crippen molar-refractivity contribution in [2.75, 3.05) is 0 Å². The van der Waals surface area contributed by atoms with Gasteiger partial charge in [0.15, 0.2) is 5.82 Å². The number of hydrogen-bond acceptors (Lipinski definition) is 4. The largest absolute Gasteiger partial charge is 0.455 e. The Kier molecular flexibility index (Phi) is 7.46. The van der Waals surface area contributed by atoms with Gasteiger partial charge >= 0.3 is 0 Å². The molecule has 3 aromatic heterocycles. The molecule has 4 nitrogen and oxygen atoms in total. The van der Waals surface area contributed by atoms with Gasteiger partial charge in [0.1, 0.15) is 22.3 Å². The Morgan fingerprint density at radius 2 is 0.750 bits per heavy atom. The van der Waals surface area contributed by atoms with E-state index in [9.17, 15) is 0 Å². The lowest BCUT2D eigenvalue weighted by Crippen LogP contribution is -1.96. The number of para-hydroxylation sites is 3. The molecule has 8 aromatic carbocycles. The van der Waals surface area contributed by atoms with Gasteiger partial charge in [-0.2, -0.15) is 0 Å². The normalized spacial score (nSPS) is 11.6. The van der Waals surface area contributed by atoms with Gasteiger partial charge in [-0.25, -0.2) is 9.97 Å². The Balaban J connectivity index is 1.01. The van der Waals surface area contributed by atoms with Crippen molar-refractivity contribution in [3.05, 3.63) is 194 Å². The summed E-state index contributed by atoms with van der Waals surface area (Å²) in [5.74, 6) is 0.687. The van der Waals surface area contributed by atoms with Crippen LogP contribution in [0.4, 0.5) is 0 Å². The fourth-order valence-electron chi connectivity index (χ4n) is 7.96. The second-order valence-corrected chi connectivity index (χ2v) is 14.1. The summed E-state index contributed by atoms with van der Waals surface area (Å²) in [5.41, 5.74) is 14.6. The van der Waals surface area contributed by atoms with Crippen molar-refractivity contribution in [3.63, 3.8) is 0 Å². The second kappa shape index (κ2) is 13.1. The van der Waals surface area contributed by atoms with Gasteiger partial charge in [-0.1, -0.05) is 158 Å². The molecule has 0 radical (unpaired) electrons. The zero-order valence-electron chi connectivity index (χ0n) is 30.2. The molecule has 11 aromatic rings. The minimum Gasteiger partial charge on any atom is -0.455 e. The van der Waals surface area contributed by atoms with Crippen LogP contribution in [0.1, 0.15) is 0 Å². The van der Waals surface area contributed by atoms with Crippen LogP contribution in [0, 0.1) is 0 Å². The molecule has 0 saturated heterocycles. The highest BCUT2D eigenvalue weighted by Crippen LogP contribution is 2.42. The summed E-state index contributed by atoms with van der Waals surface area (Å²) in [6.45, 7) is 0. The number of nitrogens with zero attached hydrogens (tertiary/aromatic N) is 2. The third-order valence-corrected chi connectivity index (χ3v) is 10.7. The highest BCUT2D eigenvalue weighted by Gasteiger charge is 2.18. The lowest BCUT2D eigenvalue weighted by molar-refractivity contribution is 0.665. The van der Waals surface area contributed by atoms with Gasteiger partial charge in [-0.3, -0.25) is 0 Å². The van der Waals surface area contributed by atoms with Crippen LogP contribution in [-0.4, -0.2) is 9.97 Å². The molecule has 0 N–H and O–H groups in total. The van der Waals surface area contributed by atoms with Crippen LogP contribution in [0.15, 0.2) is 203 Å². The van der Waals surface area contributed by atoms with Crippen LogP contribution >= 0.6 is 0 Å². The van der Waals surface area contributed by atoms with E-state index < -0.39 is 0 Å². The minimum absolute atomic E-state index is 0.687. The van der Waals surface area contributed by atoms with E-state index in [1.807, 2.05) is 36.4 Å². The van der Waals surface area contributed by atoms with E-state index in [4.69, 9.17) is 18.8 Å². The Morgan fingerprint density at radius 1 is 0.286 bits per heavy atom. The van der Waals surface area contributed by atoms with Gasteiger partial charge in [-0.15, -0.1) is 0 Å². The quantitative estimate of drug-likeness (QED) is 0.172. The summed E-state index contributed by atoms with van der Waals surface area (Å²) in [4.78, 5) is 10.2. The molecule has 56 heavy (non-hydrogen) atoms. The van der Waals surface area contributed by atoms with Crippen LogP contribution in [-0.2, 0) is 0 Å². The van der Waals surface area contributed by atoms with Gasteiger partial charge < -0.3 is 8.83 Å². The summed E-state index contributed by atoms with van der Waals surface area (Å²) >= 11 is 0. The third kappa shape index (κ3) is 5.47. The van der Waals surface area contributed by atoms with E-state index in [1.54, 1.807) is 0 Å². The molecule has 0 unspecified atom stereocenters. The summed E-state index contributed by atoms with van der Waals surface area (Å²) < 4.78 is 13.2. The van der Waals surface area contributed by atoms with Crippen molar-refractivity contribution in [2.45, 2.75) is 0 Å². The maximum atomic E-state index is 6.75. The molecule has 0 saturated carbocycles. The summed E-state index contributed by atoms with van der Waals surface area (Å²) in [7, 11) is 0. The first kappa shape index (κ1) is 31.9. The van der Waals surface area contributed by atoms with Crippen molar-refractivity contribution in [1.29, 1.82) is 0 Å². The molecule has 0 fully saturated rings. The molecule has 0 aliphatic rings. The number of fused-ring (bicyclic) bond motifs is 6. The van der Waals surface area contributed by atoms with Crippen molar-refractivity contribution in [2.24, 2.45) is 0 Å². The van der Waals surface area contributed by atoms with Gasteiger partial charge in [0, 0.05) is 49.4 Å². The number of rotatable bonds is 6. The predicted molar refractivity (Wildman–Crippen MR) is 229 cm³/mol. The molecule has 0 atom stereocenters. The molecule has 0 amide bonds. The van der Waals surface area contributed by atoms with E-state index in [0.717, 1.165) is 99.8 Å². The van der Waals surface area contributed by atoms with Gasteiger partial charge in [0.05, 0.1) is 11.4 Å². The van der Waals surface area contributed by atoms with Gasteiger partial charge in [0.2, 0.25) is 0 Å². The second-order valence-electron chi connectivity index (χ2n) is 14.1. The molecule has 0 aliphatic heterocycles. The monoisotopic (exact) mass is 716 g/mol. The highest BCUT2D eigenvalue weighted by molar-refractivity contribution is 6.15. The maximum Gasteiger partial charge on any atom is 0.160 e. The van der Waals surface area contributed by atoms with E-state index in [0.29, 0.717) is 5.82 Å². The first-order valence-corrected chi connectivity index (χ1v) is 18.8. The lowest BCUT2D eigenvalue weighted by Gasteiger charge is -2.11. The van der Waals surface area contributed by atoms with Crippen LogP contribution in [0.3, 0.4) is 0 Å². The molecule has 4 heteroatoms. The summed E-state index contributed by atoms with van der Waals surface area (Å²) in [6, 6.07) is 67.3. The molecule has 0 bridgehead atoms. The number of aromatic nitrogens is 2. The predicted octanol–water partition coefficient (Wildman–Crippen LogP) is 14.3. The van der Waals surface area contributed by atoms with Crippen LogP contribution in [0.2, 0.25) is 0 Å². The van der Waals surface area contributed by atoms with Gasteiger partial charge in [0.25, 0.3) is 0 Å². The van der Waals surface area contributed by atoms with E-state index >= 15 is 0 Å². The van der Waals surface area contributed by atoms with E-state index in [1.165, 1.54) is 5.56 Å². The fourth-order valence-corrected chi connectivity index (χ4v) is 7.96. The fraction of sp³-hybridized carbons (Fsp3) is 0. The van der Waals surface area contributed by atoms with E-state index in [2.05, 4.69) is 158 Å². The Hall–Kier alpha value is -7.56. The molecular weight excluding hydrogens is 685 g/mol. The average Bonchev–Trinajstić information content (AvgIpc) is 3.85. The molecular formula is C52H32N2O2. The Morgan fingerprint density at radius 3 is 1.41 bits per heavy atom. The van der Waals surface area contributed by atoms with Crippen molar-refractivity contribution in [1.82, 2.24) is 9.97 Å². The zero-order chi connectivity index (χ0) is 37.0. The average molecular weight is 717 g/mol. The zero-order valence-corrected chi connectivity index (χ0v) is 30.2. The molecule has 0 aliphatic carbocycles. The Bertz CT molecular complexity index is 3250. The van der Waals surface area contributed by atoms with E-state index in [-0.39, 0.29) is 0 Å². The lowest BCUT2D eigenvalue weighted by atomic mass is 9.98. The Labute approximate surface area is 323 Å². The number of hydrogen-bond donors (Lipinski definition) is 0. The van der Waals surface area contributed by atoms with Crippen molar-refractivity contribution in [3.8, 4) is 67.3 Å². The summed E-state index contributed by atoms with van der Waals surface area (Å²) in [6.07, 6.45) is 0. The van der Waals surface area contributed by atoms with Crippen LogP contribution in [0.5, 0.6) is 0 Å². The van der Waals surface area contributed by atoms with Crippen molar-refractivity contribution < 1.29 is 8.83 Å². The maximum absolute atomic E-state index is 6.75. The first-order chi connectivity index (χ1) is 27.7. The smallest absolute Gasteiger partial charge is 0.160 e. The first-order valence-electron chi connectivity index (χ1n) is 18.8. The molecule has 11 rings (SSSR count). The summed E-state index contributed by atoms with van der Waals surface area (Å²) in [5, 5.41) is 4.36. The molecule has 3 heterocycles. The minimum atomic E-state index is 0.687. The topological polar surface area (TPSA) is 52.1 Å². The number of furan rings is 2. The SMILES string of the molecule is c1ccc(-c2cccc(-c3cc(-c4cccc(-c5ccc6c(c5)oc5c(-c7cccc8c7oc7ccccc78)cccc56)c4)nc(-c4ccccc4)n3)c2)cc1.